The number of unbranched alkanes of at least 4 members (excludes halogenated alkanes) is 5. The van der Waals surface area contributed by atoms with Crippen molar-refractivity contribution >= 4 is 11.3 Å². The van der Waals surface area contributed by atoms with Gasteiger partial charge in [-0.05, 0) is 51.0 Å². The molecule has 22 heavy (non-hydrogen) atoms. The van der Waals surface area contributed by atoms with Crippen LogP contribution >= 0.6 is 0 Å². The lowest BCUT2D eigenvalue weighted by Gasteiger charge is -2.31. The van der Waals surface area contributed by atoms with Gasteiger partial charge in [0, 0.05) is 11.3 Å². The van der Waals surface area contributed by atoms with Crippen molar-refractivity contribution in [1.82, 2.24) is 0 Å². The molecule has 2 nitrogen and oxygen atoms in total. The summed E-state index contributed by atoms with van der Waals surface area (Å²) >= 11 is 0. The standard InChI is InChI=1S/C20H31NO/c1-5-6-7-8-9-10-13-22-17-11-12-19-18(14-17)16(2)15-20(3,4)21-19/h11-12,14-15,21H,5-10,13H2,1-4H3. The first-order valence-corrected chi connectivity index (χ1v) is 8.77. The minimum absolute atomic E-state index is 0.0257. The Kier molecular flexibility index (Phi) is 5.93. The smallest absolute Gasteiger partial charge is 0.120 e. The highest BCUT2D eigenvalue weighted by Gasteiger charge is 2.22. The fourth-order valence-corrected chi connectivity index (χ4v) is 3.12. The molecule has 122 valence electrons. The van der Waals surface area contributed by atoms with Crippen LogP contribution in [0.25, 0.3) is 5.57 Å². The maximum absolute atomic E-state index is 5.92. The summed E-state index contributed by atoms with van der Waals surface area (Å²) in [5.74, 6) is 0.988. The minimum Gasteiger partial charge on any atom is -0.494 e. The van der Waals surface area contributed by atoms with Crippen molar-refractivity contribution in [2.24, 2.45) is 0 Å². The van der Waals surface area contributed by atoms with Crippen molar-refractivity contribution in [3.63, 3.8) is 0 Å². The summed E-state index contributed by atoms with van der Waals surface area (Å²) in [5.41, 5.74) is 3.82. The van der Waals surface area contributed by atoms with Crippen LogP contribution in [0, 0.1) is 0 Å². The van der Waals surface area contributed by atoms with Crippen molar-refractivity contribution in [2.75, 3.05) is 11.9 Å². The lowest BCUT2D eigenvalue weighted by Crippen LogP contribution is -2.31. The third-order valence-corrected chi connectivity index (χ3v) is 4.22. The first-order chi connectivity index (χ1) is 10.5. The van der Waals surface area contributed by atoms with Gasteiger partial charge < -0.3 is 10.1 Å². The summed E-state index contributed by atoms with van der Waals surface area (Å²) in [6.45, 7) is 9.65. The molecule has 0 aliphatic carbocycles. The summed E-state index contributed by atoms with van der Waals surface area (Å²) in [4.78, 5) is 0. The Hall–Kier alpha value is -1.44. The Labute approximate surface area is 136 Å². The van der Waals surface area contributed by atoms with E-state index in [4.69, 9.17) is 4.74 Å². The van der Waals surface area contributed by atoms with Crippen LogP contribution in [0.15, 0.2) is 24.3 Å². The summed E-state index contributed by atoms with van der Waals surface area (Å²) < 4.78 is 5.92. The molecule has 0 bridgehead atoms. The lowest BCUT2D eigenvalue weighted by atomic mass is 9.91. The lowest BCUT2D eigenvalue weighted by molar-refractivity contribution is 0.304. The molecule has 0 saturated heterocycles. The first kappa shape index (κ1) is 16.9. The number of allylic oxidation sites excluding steroid dienone is 1. The molecule has 2 heteroatoms. The largest absolute Gasteiger partial charge is 0.494 e. The predicted molar refractivity (Wildman–Crippen MR) is 96.7 cm³/mol. The second-order valence-corrected chi connectivity index (χ2v) is 7.00. The van der Waals surface area contributed by atoms with Gasteiger partial charge in [0.2, 0.25) is 0 Å². The number of ether oxygens (including phenoxy) is 1. The second kappa shape index (κ2) is 7.71. The SMILES string of the molecule is CCCCCCCCOc1ccc2c(c1)C(C)=CC(C)(C)N2. The molecule has 1 aliphatic rings. The predicted octanol–water partition coefficient (Wildman–Crippen LogP) is 6.03. The van der Waals surface area contributed by atoms with Crippen LogP contribution < -0.4 is 10.1 Å². The average molecular weight is 301 g/mol. The molecule has 0 radical (unpaired) electrons. The van der Waals surface area contributed by atoms with Crippen molar-refractivity contribution < 1.29 is 4.74 Å². The normalized spacial score (nSPS) is 15.7. The Morgan fingerprint density at radius 2 is 1.77 bits per heavy atom. The molecule has 0 fully saturated rings. The molecule has 1 N–H and O–H groups in total. The highest BCUT2D eigenvalue weighted by molar-refractivity contribution is 5.80. The van der Waals surface area contributed by atoms with Gasteiger partial charge in [0.15, 0.2) is 0 Å². The van der Waals surface area contributed by atoms with Crippen LogP contribution in [-0.2, 0) is 0 Å². The minimum atomic E-state index is 0.0257. The molecule has 1 heterocycles. The van der Waals surface area contributed by atoms with Gasteiger partial charge in [0.25, 0.3) is 0 Å². The number of hydrogen-bond donors (Lipinski definition) is 1. The number of nitrogens with one attached hydrogen (secondary N) is 1. The maximum atomic E-state index is 5.92. The van der Waals surface area contributed by atoms with Crippen LogP contribution in [0.2, 0.25) is 0 Å². The van der Waals surface area contributed by atoms with Crippen molar-refractivity contribution in [1.29, 1.82) is 0 Å². The van der Waals surface area contributed by atoms with Crippen LogP contribution in [-0.4, -0.2) is 12.1 Å². The van der Waals surface area contributed by atoms with E-state index in [0.717, 1.165) is 18.8 Å². The van der Waals surface area contributed by atoms with Crippen LogP contribution in [0.5, 0.6) is 5.75 Å². The topological polar surface area (TPSA) is 21.3 Å². The van der Waals surface area contributed by atoms with Crippen molar-refractivity contribution in [3.8, 4) is 5.75 Å². The molecule has 2 rings (SSSR count). The highest BCUT2D eigenvalue weighted by Crippen LogP contribution is 2.35. The molecular weight excluding hydrogens is 270 g/mol. The Bertz CT molecular complexity index is 516. The summed E-state index contributed by atoms with van der Waals surface area (Å²) in [6, 6.07) is 6.39. The molecular formula is C20H31NO. The Morgan fingerprint density at radius 1 is 1.05 bits per heavy atom. The third kappa shape index (κ3) is 4.79. The number of rotatable bonds is 8. The molecule has 0 unspecified atom stereocenters. The molecule has 1 aliphatic heterocycles. The zero-order valence-electron chi connectivity index (χ0n) is 14.7. The second-order valence-electron chi connectivity index (χ2n) is 7.00. The van der Waals surface area contributed by atoms with Crippen LogP contribution in [0.3, 0.4) is 0 Å². The third-order valence-electron chi connectivity index (χ3n) is 4.22. The van der Waals surface area contributed by atoms with E-state index in [1.165, 1.54) is 48.9 Å². The van der Waals surface area contributed by atoms with Gasteiger partial charge in [0.05, 0.1) is 12.1 Å². The number of benzene rings is 1. The van der Waals surface area contributed by atoms with Gasteiger partial charge in [-0.2, -0.15) is 0 Å². The van der Waals surface area contributed by atoms with Gasteiger partial charge in [0.1, 0.15) is 5.75 Å². The van der Waals surface area contributed by atoms with E-state index in [0.29, 0.717) is 0 Å². The van der Waals surface area contributed by atoms with E-state index in [2.05, 4.69) is 57.3 Å². The zero-order chi connectivity index (χ0) is 16.0. The van der Waals surface area contributed by atoms with Crippen molar-refractivity contribution in [2.45, 2.75) is 71.8 Å². The number of fused-ring (bicyclic) bond motifs is 1. The Balaban J connectivity index is 1.83. The summed E-state index contributed by atoms with van der Waals surface area (Å²) in [7, 11) is 0. The molecule has 0 atom stereocenters. The fourth-order valence-electron chi connectivity index (χ4n) is 3.12. The first-order valence-electron chi connectivity index (χ1n) is 8.77. The number of anilines is 1. The molecule has 0 aromatic heterocycles. The van der Waals surface area contributed by atoms with Gasteiger partial charge in [-0.1, -0.05) is 45.1 Å². The zero-order valence-corrected chi connectivity index (χ0v) is 14.7. The van der Waals surface area contributed by atoms with E-state index >= 15 is 0 Å². The van der Waals surface area contributed by atoms with E-state index in [-0.39, 0.29) is 5.54 Å². The molecule has 1 aromatic carbocycles. The molecule has 1 aromatic rings. The highest BCUT2D eigenvalue weighted by atomic mass is 16.5. The quantitative estimate of drug-likeness (QED) is 0.592. The van der Waals surface area contributed by atoms with E-state index in [1.54, 1.807) is 0 Å². The number of hydrogen-bond acceptors (Lipinski definition) is 2. The monoisotopic (exact) mass is 301 g/mol. The van der Waals surface area contributed by atoms with E-state index in [1.807, 2.05) is 0 Å². The Morgan fingerprint density at radius 3 is 2.55 bits per heavy atom. The summed E-state index contributed by atoms with van der Waals surface area (Å²) in [6.07, 6.45) is 10.1. The average Bonchev–Trinajstić information content (AvgIpc) is 2.46. The maximum Gasteiger partial charge on any atom is 0.120 e. The van der Waals surface area contributed by atoms with E-state index in [9.17, 15) is 0 Å². The van der Waals surface area contributed by atoms with Crippen molar-refractivity contribution in [3.05, 3.63) is 29.8 Å². The molecule has 0 amide bonds. The molecule has 0 spiro atoms. The molecule has 0 saturated carbocycles. The van der Waals surface area contributed by atoms with Crippen LogP contribution in [0.4, 0.5) is 5.69 Å². The van der Waals surface area contributed by atoms with Gasteiger partial charge in [-0.15, -0.1) is 0 Å². The fraction of sp³-hybridized carbons (Fsp3) is 0.600. The van der Waals surface area contributed by atoms with Gasteiger partial charge >= 0.3 is 0 Å². The van der Waals surface area contributed by atoms with Gasteiger partial charge in [-0.3, -0.25) is 0 Å². The van der Waals surface area contributed by atoms with Crippen LogP contribution in [0.1, 0.15) is 71.8 Å². The van der Waals surface area contributed by atoms with Gasteiger partial charge in [-0.25, -0.2) is 0 Å². The summed E-state index contributed by atoms with van der Waals surface area (Å²) in [5, 5.41) is 3.56. The van der Waals surface area contributed by atoms with E-state index < -0.39 is 0 Å².